The third-order valence-corrected chi connectivity index (χ3v) is 2.58. The van der Waals surface area contributed by atoms with Gasteiger partial charge in [0, 0.05) is 0 Å². The number of benzene rings is 1. The normalized spacial score (nSPS) is 10.9. The summed E-state index contributed by atoms with van der Waals surface area (Å²) in [6.45, 7) is 6.03. The van der Waals surface area contributed by atoms with E-state index in [1.807, 2.05) is 20.8 Å². The molecule has 1 aromatic carbocycles. The Kier molecular flexibility index (Phi) is 6.34. The first-order valence-electron chi connectivity index (χ1n) is 5.25. The van der Waals surface area contributed by atoms with Crippen LogP contribution in [0.1, 0.15) is 37.8 Å². The summed E-state index contributed by atoms with van der Waals surface area (Å²) in [7, 11) is 0. The van der Waals surface area contributed by atoms with E-state index in [1.165, 1.54) is 12.1 Å². The summed E-state index contributed by atoms with van der Waals surface area (Å²) in [6.07, 6.45) is 0. The fraction of sp³-hybridized carbons (Fsp3) is 0.385. The van der Waals surface area contributed by atoms with Crippen LogP contribution < -0.4 is 10.2 Å². The molecular weight excluding hydrogens is 260 g/mol. The van der Waals surface area contributed by atoms with Crippen molar-refractivity contribution >= 4 is 49.7 Å². The molecule has 5 heteroatoms. The van der Waals surface area contributed by atoms with Crippen molar-refractivity contribution in [3.05, 3.63) is 35.4 Å². The Morgan fingerprint density at radius 2 is 1.39 bits per heavy atom. The summed E-state index contributed by atoms with van der Waals surface area (Å²) in [5.41, 5.74) is 1.09. The van der Waals surface area contributed by atoms with Crippen LogP contribution in [-0.4, -0.2) is 49.7 Å². The van der Waals surface area contributed by atoms with Crippen LogP contribution in [-0.2, 0) is 15.0 Å². The van der Waals surface area contributed by atoms with Crippen LogP contribution in [0.3, 0.4) is 0 Å². The van der Waals surface area contributed by atoms with Gasteiger partial charge in [-0.15, -0.1) is 0 Å². The van der Waals surface area contributed by atoms with Gasteiger partial charge in [-0.25, -0.2) is 0 Å². The smallest absolute Gasteiger partial charge is 0.549 e. The van der Waals surface area contributed by atoms with E-state index in [2.05, 4.69) is 0 Å². The van der Waals surface area contributed by atoms with Gasteiger partial charge in [0.2, 0.25) is 0 Å². The molecule has 0 aliphatic carbocycles. The SMILES string of the molecule is CC(C)(C)c1ccc(C(C(=O)[O-])C(=O)[O-])cc1.[Ca+2]. The minimum absolute atomic E-state index is 0. The first-order chi connectivity index (χ1) is 7.73. The Morgan fingerprint density at radius 1 is 1.00 bits per heavy atom. The Bertz CT molecular complexity index is 417. The number of rotatable bonds is 3. The van der Waals surface area contributed by atoms with Gasteiger partial charge in [-0.05, 0) is 16.5 Å². The van der Waals surface area contributed by atoms with Gasteiger partial charge in [0.25, 0.3) is 0 Å². The zero-order chi connectivity index (χ0) is 13.2. The van der Waals surface area contributed by atoms with E-state index in [1.54, 1.807) is 12.1 Å². The average molecular weight is 274 g/mol. The minimum Gasteiger partial charge on any atom is -0.549 e. The van der Waals surface area contributed by atoms with E-state index in [4.69, 9.17) is 0 Å². The molecule has 0 amide bonds. The molecule has 4 nitrogen and oxygen atoms in total. The standard InChI is InChI=1S/C13H16O4.Ca/c1-13(2,3)9-6-4-8(5-7-9)10(11(14)15)12(16)17;/h4-7,10H,1-3H3,(H,14,15)(H,16,17);/q;+2/p-2. The van der Waals surface area contributed by atoms with Crippen molar-refractivity contribution in [2.75, 3.05) is 0 Å². The molecule has 0 aliphatic rings. The van der Waals surface area contributed by atoms with Crippen LogP contribution in [0.4, 0.5) is 0 Å². The van der Waals surface area contributed by atoms with E-state index in [9.17, 15) is 19.8 Å². The molecule has 0 bridgehead atoms. The first kappa shape index (κ1) is 17.4. The molecular formula is C13H14CaO4. The van der Waals surface area contributed by atoms with Gasteiger partial charge in [-0.2, -0.15) is 0 Å². The molecule has 1 aromatic rings. The van der Waals surface area contributed by atoms with Crippen LogP contribution in [0, 0.1) is 0 Å². The number of carbonyl (C=O) groups excluding carboxylic acids is 2. The number of carbonyl (C=O) groups is 2. The average Bonchev–Trinajstić information content (AvgIpc) is 2.15. The van der Waals surface area contributed by atoms with E-state index < -0.39 is 17.9 Å². The zero-order valence-corrected chi connectivity index (χ0v) is 12.9. The van der Waals surface area contributed by atoms with Crippen LogP contribution in [0.15, 0.2) is 24.3 Å². The third kappa shape index (κ3) is 4.26. The largest absolute Gasteiger partial charge is 2.00 e. The Morgan fingerprint density at radius 3 is 1.67 bits per heavy atom. The Labute approximate surface area is 136 Å². The molecule has 0 aromatic heterocycles. The van der Waals surface area contributed by atoms with Crippen molar-refractivity contribution in [3.8, 4) is 0 Å². The second-order valence-corrected chi connectivity index (χ2v) is 4.94. The quantitative estimate of drug-likeness (QED) is 0.533. The minimum atomic E-state index is -1.72. The van der Waals surface area contributed by atoms with Gasteiger partial charge in [0.05, 0.1) is 17.9 Å². The predicted octanol–water partition coefficient (Wildman–Crippen LogP) is -0.813. The molecule has 0 heterocycles. The van der Waals surface area contributed by atoms with Gasteiger partial charge in [0.1, 0.15) is 0 Å². The summed E-state index contributed by atoms with van der Waals surface area (Å²) >= 11 is 0. The maximum Gasteiger partial charge on any atom is 2.00 e. The number of hydrogen-bond donors (Lipinski definition) is 0. The van der Waals surface area contributed by atoms with E-state index in [0.29, 0.717) is 0 Å². The number of hydrogen-bond acceptors (Lipinski definition) is 4. The van der Waals surface area contributed by atoms with Gasteiger partial charge in [0.15, 0.2) is 0 Å². The molecule has 0 atom stereocenters. The van der Waals surface area contributed by atoms with Crippen molar-refractivity contribution in [1.82, 2.24) is 0 Å². The molecule has 0 N–H and O–H groups in total. The van der Waals surface area contributed by atoms with Crippen molar-refractivity contribution in [3.63, 3.8) is 0 Å². The first-order valence-corrected chi connectivity index (χ1v) is 5.25. The molecule has 0 aliphatic heterocycles. The third-order valence-electron chi connectivity index (χ3n) is 2.58. The number of aliphatic carboxylic acids is 2. The second-order valence-electron chi connectivity index (χ2n) is 4.94. The summed E-state index contributed by atoms with van der Waals surface area (Å²) in [5.74, 6) is -5.04. The fourth-order valence-corrected chi connectivity index (χ4v) is 1.54. The van der Waals surface area contributed by atoms with E-state index >= 15 is 0 Å². The molecule has 92 valence electrons. The maximum absolute atomic E-state index is 10.7. The summed E-state index contributed by atoms with van der Waals surface area (Å²) in [5, 5.41) is 21.4. The van der Waals surface area contributed by atoms with Gasteiger partial charge < -0.3 is 19.8 Å². The summed E-state index contributed by atoms with van der Waals surface area (Å²) in [4.78, 5) is 21.4. The number of carboxylic acid groups (broad SMARTS) is 2. The zero-order valence-electron chi connectivity index (χ0n) is 10.7. The molecule has 0 saturated heterocycles. The van der Waals surface area contributed by atoms with Gasteiger partial charge in [-0.3, -0.25) is 0 Å². The van der Waals surface area contributed by atoms with E-state index in [-0.39, 0.29) is 48.7 Å². The van der Waals surface area contributed by atoms with Crippen molar-refractivity contribution in [1.29, 1.82) is 0 Å². The maximum atomic E-state index is 10.7. The topological polar surface area (TPSA) is 80.3 Å². The Balaban J connectivity index is 0.00000289. The molecule has 0 spiro atoms. The predicted molar refractivity (Wildman–Crippen MR) is 63.7 cm³/mol. The molecule has 0 radical (unpaired) electrons. The van der Waals surface area contributed by atoms with Crippen LogP contribution in [0.5, 0.6) is 0 Å². The Hall–Kier alpha value is -0.580. The number of carboxylic acids is 2. The summed E-state index contributed by atoms with van der Waals surface area (Å²) in [6, 6.07) is 6.40. The van der Waals surface area contributed by atoms with Gasteiger partial charge in [-0.1, -0.05) is 45.0 Å². The van der Waals surface area contributed by atoms with Crippen molar-refractivity contribution < 1.29 is 19.8 Å². The second kappa shape index (κ2) is 6.55. The monoisotopic (exact) mass is 274 g/mol. The van der Waals surface area contributed by atoms with Crippen LogP contribution in [0.25, 0.3) is 0 Å². The van der Waals surface area contributed by atoms with Crippen molar-refractivity contribution in [2.24, 2.45) is 0 Å². The molecule has 18 heavy (non-hydrogen) atoms. The van der Waals surface area contributed by atoms with E-state index in [0.717, 1.165) is 5.56 Å². The van der Waals surface area contributed by atoms with Gasteiger partial charge >= 0.3 is 37.7 Å². The summed E-state index contributed by atoms with van der Waals surface area (Å²) < 4.78 is 0. The van der Waals surface area contributed by atoms with Crippen LogP contribution in [0.2, 0.25) is 0 Å². The van der Waals surface area contributed by atoms with Crippen LogP contribution >= 0.6 is 0 Å². The fourth-order valence-electron chi connectivity index (χ4n) is 1.54. The van der Waals surface area contributed by atoms with Crippen molar-refractivity contribution in [2.45, 2.75) is 32.1 Å². The molecule has 0 saturated carbocycles. The molecule has 1 rings (SSSR count). The molecule has 0 fully saturated rings. The molecule has 0 unspecified atom stereocenters.